The van der Waals surface area contributed by atoms with Crippen LogP contribution in [0.4, 0.5) is 0 Å². The molecule has 3 amide bonds. The fourth-order valence-electron chi connectivity index (χ4n) is 6.65. The van der Waals surface area contributed by atoms with E-state index in [0.717, 1.165) is 17.5 Å². The second-order valence-electron chi connectivity index (χ2n) is 10.4. The molecule has 3 heterocycles. The molecule has 7 nitrogen and oxygen atoms in total. The highest BCUT2D eigenvalue weighted by Gasteiger charge is 2.76. The smallest absolute Gasteiger partial charge is 0.244 e. The van der Waals surface area contributed by atoms with E-state index in [9.17, 15) is 19.5 Å². The van der Waals surface area contributed by atoms with E-state index in [2.05, 4.69) is 17.6 Å². The molecule has 3 N–H and O–H groups in total. The second kappa shape index (κ2) is 10.5. The van der Waals surface area contributed by atoms with Crippen LogP contribution in [0.5, 0.6) is 0 Å². The van der Waals surface area contributed by atoms with Crippen LogP contribution in [0.1, 0.15) is 37.8 Å². The molecule has 3 aliphatic heterocycles. The van der Waals surface area contributed by atoms with Crippen LogP contribution in [0.3, 0.4) is 0 Å². The van der Waals surface area contributed by atoms with Crippen molar-refractivity contribution in [3.8, 4) is 0 Å². The third-order valence-corrected chi connectivity index (χ3v) is 10.5. The number of hydrogen-bond donors (Lipinski definition) is 3. The largest absolute Gasteiger partial charge is 0.394 e. The summed E-state index contributed by atoms with van der Waals surface area (Å²) in [6.45, 7) is 4.55. The number of hydrogen-bond acceptors (Lipinski definition) is 5. The molecule has 2 aromatic carbocycles. The van der Waals surface area contributed by atoms with E-state index in [1.807, 2.05) is 67.6 Å². The van der Waals surface area contributed by atoms with Crippen LogP contribution in [-0.2, 0) is 27.5 Å². The van der Waals surface area contributed by atoms with E-state index < -0.39 is 28.7 Å². The van der Waals surface area contributed by atoms with Gasteiger partial charge in [-0.2, -0.15) is 0 Å². The van der Waals surface area contributed by atoms with Crippen molar-refractivity contribution in [2.45, 2.75) is 61.9 Å². The summed E-state index contributed by atoms with van der Waals surface area (Å²) in [7, 11) is 0. The molecule has 3 fully saturated rings. The number of amides is 3. The zero-order valence-electron chi connectivity index (χ0n) is 21.3. The normalized spacial score (nSPS) is 30.7. The molecule has 2 aromatic rings. The maximum absolute atomic E-state index is 14.1. The molecule has 3 unspecified atom stereocenters. The molecule has 3 aliphatic rings. The summed E-state index contributed by atoms with van der Waals surface area (Å²) < 4.78 is -0.695. The lowest BCUT2D eigenvalue weighted by Gasteiger charge is -2.40. The van der Waals surface area contributed by atoms with Gasteiger partial charge in [0.05, 0.1) is 29.2 Å². The second-order valence-corrected chi connectivity index (χ2v) is 12.0. The molecule has 8 heteroatoms. The molecule has 0 aliphatic carbocycles. The first-order chi connectivity index (χ1) is 17.9. The predicted molar refractivity (Wildman–Crippen MR) is 143 cm³/mol. The zero-order valence-corrected chi connectivity index (χ0v) is 22.1. The van der Waals surface area contributed by atoms with Gasteiger partial charge in [0.15, 0.2) is 0 Å². The van der Waals surface area contributed by atoms with Gasteiger partial charge in [-0.15, -0.1) is 11.8 Å². The van der Waals surface area contributed by atoms with Crippen LogP contribution in [0.25, 0.3) is 0 Å². The van der Waals surface area contributed by atoms with Gasteiger partial charge >= 0.3 is 0 Å². The van der Waals surface area contributed by atoms with Crippen molar-refractivity contribution in [2.75, 3.05) is 6.61 Å². The summed E-state index contributed by atoms with van der Waals surface area (Å²) in [4.78, 5) is 43.1. The molecule has 3 saturated heterocycles. The fraction of sp³-hybridized carbons (Fsp3) is 0.483. The van der Waals surface area contributed by atoms with Gasteiger partial charge in [0.25, 0.3) is 0 Å². The van der Waals surface area contributed by atoms with E-state index in [1.165, 1.54) is 0 Å². The van der Waals surface area contributed by atoms with Crippen molar-refractivity contribution in [3.63, 3.8) is 0 Å². The minimum atomic E-state index is -0.734. The number of carbonyl (C=O) groups excluding carboxylic acids is 3. The SMILES string of the molecule is CC[C@@H](CO)N1C(=O)[C@@H]2[C@@H](C(=O)NCc3ccccc3)[C@H]3CC(C)C2(S3)C1C(=O)NCc1ccccc1. The number of thioether (sulfide) groups is 1. The Balaban J connectivity index is 1.44. The van der Waals surface area contributed by atoms with E-state index in [0.29, 0.717) is 19.5 Å². The Hall–Kier alpha value is -2.84. The number of carbonyl (C=O) groups is 3. The van der Waals surface area contributed by atoms with Gasteiger partial charge in [-0.05, 0) is 29.9 Å². The Labute approximate surface area is 222 Å². The lowest BCUT2D eigenvalue weighted by molar-refractivity contribution is -0.142. The molecule has 5 rings (SSSR count). The van der Waals surface area contributed by atoms with Crippen LogP contribution in [0, 0.1) is 17.8 Å². The number of likely N-dealkylation sites (tertiary alicyclic amines) is 1. The van der Waals surface area contributed by atoms with Gasteiger partial charge in [0.1, 0.15) is 6.04 Å². The Morgan fingerprint density at radius 3 is 2.14 bits per heavy atom. The summed E-state index contributed by atoms with van der Waals surface area (Å²) in [6.07, 6.45) is 1.31. The van der Waals surface area contributed by atoms with Crippen molar-refractivity contribution >= 4 is 29.5 Å². The molecule has 37 heavy (non-hydrogen) atoms. The Morgan fingerprint density at radius 2 is 1.59 bits per heavy atom. The minimum Gasteiger partial charge on any atom is -0.394 e. The first-order valence-corrected chi connectivity index (χ1v) is 14.0. The Bertz CT molecular complexity index is 1140. The molecular formula is C29H35N3O4S. The van der Waals surface area contributed by atoms with Gasteiger partial charge < -0.3 is 20.6 Å². The molecule has 0 aromatic heterocycles. The number of aliphatic hydroxyl groups excluding tert-OH is 1. The highest BCUT2D eigenvalue weighted by molar-refractivity contribution is 8.02. The first kappa shape index (κ1) is 25.8. The number of benzene rings is 2. The van der Waals surface area contributed by atoms with Crippen molar-refractivity contribution < 1.29 is 19.5 Å². The number of nitrogens with one attached hydrogen (secondary N) is 2. The summed E-state index contributed by atoms with van der Waals surface area (Å²) in [5, 5.41) is 16.3. The van der Waals surface area contributed by atoms with Crippen molar-refractivity contribution in [3.05, 3.63) is 71.8 Å². The Morgan fingerprint density at radius 1 is 1.03 bits per heavy atom. The zero-order chi connectivity index (χ0) is 26.2. The van der Waals surface area contributed by atoms with E-state index in [-0.39, 0.29) is 35.5 Å². The number of fused-ring (bicyclic) bond motifs is 1. The minimum absolute atomic E-state index is 0.0134. The fourth-order valence-corrected chi connectivity index (χ4v) is 9.06. The van der Waals surface area contributed by atoms with Crippen LogP contribution in [-0.4, -0.2) is 56.4 Å². The van der Waals surface area contributed by atoms with Gasteiger partial charge in [-0.3, -0.25) is 14.4 Å². The monoisotopic (exact) mass is 521 g/mol. The molecule has 0 radical (unpaired) electrons. The van der Waals surface area contributed by atoms with Crippen molar-refractivity contribution in [2.24, 2.45) is 17.8 Å². The average Bonchev–Trinajstić information content (AvgIpc) is 3.52. The summed E-state index contributed by atoms with van der Waals surface area (Å²) in [5.74, 6) is -1.52. The molecule has 7 atom stereocenters. The molecular weight excluding hydrogens is 486 g/mol. The third kappa shape index (κ3) is 4.34. The van der Waals surface area contributed by atoms with E-state index in [1.54, 1.807) is 16.7 Å². The summed E-state index contributed by atoms with van der Waals surface area (Å²) >= 11 is 1.65. The lowest BCUT2D eigenvalue weighted by atomic mass is 9.66. The Kier molecular flexibility index (Phi) is 7.32. The van der Waals surface area contributed by atoms with E-state index >= 15 is 0 Å². The predicted octanol–water partition coefficient (Wildman–Crippen LogP) is 2.73. The van der Waals surface area contributed by atoms with E-state index in [4.69, 9.17) is 0 Å². The van der Waals surface area contributed by atoms with Gasteiger partial charge in [-0.25, -0.2) is 0 Å². The lowest BCUT2D eigenvalue weighted by Crippen LogP contribution is -2.58. The maximum Gasteiger partial charge on any atom is 0.244 e. The van der Waals surface area contributed by atoms with Crippen molar-refractivity contribution in [1.82, 2.24) is 15.5 Å². The summed E-state index contributed by atoms with van der Waals surface area (Å²) in [5.41, 5.74) is 1.98. The number of nitrogens with zero attached hydrogens (tertiary/aromatic N) is 1. The van der Waals surface area contributed by atoms with Gasteiger partial charge in [0.2, 0.25) is 17.7 Å². The summed E-state index contributed by atoms with van der Waals surface area (Å²) in [6, 6.07) is 18.2. The van der Waals surface area contributed by atoms with Crippen LogP contribution in [0.15, 0.2) is 60.7 Å². The topological polar surface area (TPSA) is 98.7 Å². The molecule has 2 bridgehead atoms. The van der Waals surface area contributed by atoms with Crippen molar-refractivity contribution in [1.29, 1.82) is 0 Å². The van der Waals surface area contributed by atoms with Gasteiger partial charge in [-0.1, -0.05) is 74.5 Å². The van der Waals surface area contributed by atoms with Gasteiger partial charge in [0, 0.05) is 18.3 Å². The molecule has 1 spiro atoms. The third-order valence-electron chi connectivity index (χ3n) is 8.43. The highest BCUT2D eigenvalue weighted by atomic mass is 32.2. The molecule has 0 saturated carbocycles. The van der Waals surface area contributed by atoms with Crippen LogP contribution >= 0.6 is 11.8 Å². The first-order valence-electron chi connectivity index (χ1n) is 13.2. The number of rotatable bonds is 9. The standard InChI is InChI=1S/C29H35N3O4S/c1-3-21(17-33)32-25(27(35)31-16-20-12-8-5-9-13-20)29-18(2)14-22(37-29)23(24(29)28(32)36)26(34)30-15-19-10-6-4-7-11-19/h4-13,18,21-25,33H,3,14-17H2,1-2H3,(H,30,34)(H,31,35)/t18?,21-,22+,23-,24-,25?,29?/m0/s1. The quantitative estimate of drug-likeness (QED) is 0.471. The molecule has 196 valence electrons. The maximum atomic E-state index is 14.1. The number of aliphatic hydroxyl groups is 1. The van der Waals surface area contributed by atoms with Crippen LogP contribution in [0.2, 0.25) is 0 Å². The average molecular weight is 522 g/mol. The van der Waals surface area contributed by atoms with Crippen LogP contribution < -0.4 is 10.6 Å². The highest BCUT2D eigenvalue weighted by Crippen LogP contribution is 2.68.